The molecule has 24 heavy (non-hydrogen) atoms. The maximum absolute atomic E-state index is 11.8. The molecule has 1 heterocycles. The number of hydrogen-bond donors (Lipinski definition) is 2. The SMILES string of the molecule is COC(=O)c1cc(-c2ccc(NC=O)cc2S)cc(C(=O)OC)n1. The molecule has 0 saturated carbocycles. The number of ether oxygens (including phenoxy) is 2. The minimum Gasteiger partial charge on any atom is -0.464 e. The number of rotatable bonds is 5. The van der Waals surface area contributed by atoms with Crippen LogP contribution in [0, 0.1) is 0 Å². The van der Waals surface area contributed by atoms with Crippen LogP contribution in [0.25, 0.3) is 11.1 Å². The number of nitrogens with zero attached hydrogens (tertiary/aromatic N) is 1. The maximum atomic E-state index is 11.8. The number of esters is 2. The second-order valence-corrected chi connectivity index (χ2v) is 5.09. The Labute approximate surface area is 143 Å². The molecule has 0 saturated heterocycles. The number of anilines is 1. The van der Waals surface area contributed by atoms with E-state index in [1.165, 1.54) is 26.4 Å². The van der Waals surface area contributed by atoms with Crippen molar-refractivity contribution >= 4 is 36.7 Å². The molecule has 0 unspecified atom stereocenters. The Bertz CT molecular complexity index is 773. The van der Waals surface area contributed by atoms with E-state index in [0.717, 1.165) is 0 Å². The van der Waals surface area contributed by atoms with Crippen molar-refractivity contribution in [2.24, 2.45) is 0 Å². The number of carbonyl (C=O) groups excluding carboxylic acids is 3. The van der Waals surface area contributed by atoms with E-state index in [1.807, 2.05) is 0 Å². The van der Waals surface area contributed by atoms with E-state index in [2.05, 4.69) is 32.4 Å². The molecule has 0 spiro atoms. The highest BCUT2D eigenvalue weighted by Crippen LogP contribution is 2.30. The molecule has 0 aliphatic rings. The summed E-state index contributed by atoms with van der Waals surface area (Å²) in [5.41, 5.74) is 1.69. The zero-order valence-electron chi connectivity index (χ0n) is 12.9. The molecule has 1 aromatic heterocycles. The highest BCUT2D eigenvalue weighted by Gasteiger charge is 2.17. The van der Waals surface area contributed by atoms with E-state index < -0.39 is 11.9 Å². The summed E-state index contributed by atoms with van der Waals surface area (Å²) in [5, 5.41) is 2.51. The summed E-state index contributed by atoms with van der Waals surface area (Å²) >= 11 is 4.38. The van der Waals surface area contributed by atoms with Crippen molar-refractivity contribution in [1.82, 2.24) is 4.98 Å². The van der Waals surface area contributed by atoms with Crippen molar-refractivity contribution in [2.45, 2.75) is 4.90 Å². The molecule has 8 heteroatoms. The zero-order valence-corrected chi connectivity index (χ0v) is 13.8. The van der Waals surface area contributed by atoms with E-state index in [1.54, 1.807) is 18.2 Å². The second kappa shape index (κ2) is 7.60. The van der Waals surface area contributed by atoms with Crippen LogP contribution in [0.1, 0.15) is 21.0 Å². The van der Waals surface area contributed by atoms with Gasteiger partial charge in [-0.3, -0.25) is 4.79 Å². The summed E-state index contributed by atoms with van der Waals surface area (Å²) in [7, 11) is 2.44. The van der Waals surface area contributed by atoms with Crippen LogP contribution >= 0.6 is 12.6 Å². The van der Waals surface area contributed by atoms with E-state index in [4.69, 9.17) is 0 Å². The van der Waals surface area contributed by atoms with Gasteiger partial charge in [0.05, 0.1) is 14.2 Å². The number of hydrogen-bond acceptors (Lipinski definition) is 7. The number of benzene rings is 1. The van der Waals surface area contributed by atoms with Crippen LogP contribution in [0.4, 0.5) is 5.69 Å². The van der Waals surface area contributed by atoms with Crippen LogP contribution in [0.2, 0.25) is 0 Å². The lowest BCUT2D eigenvalue weighted by molar-refractivity contribution is -0.105. The Hall–Kier alpha value is -2.87. The lowest BCUT2D eigenvalue weighted by atomic mass is 10.0. The molecule has 0 aliphatic carbocycles. The molecule has 2 rings (SSSR count). The third kappa shape index (κ3) is 3.72. The molecule has 0 fully saturated rings. The first-order valence-corrected chi connectivity index (χ1v) is 7.17. The molecule has 1 amide bonds. The van der Waals surface area contributed by atoms with Crippen LogP contribution in [0.3, 0.4) is 0 Å². The molecule has 7 nitrogen and oxygen atoms in total. The molecule has 0 bridgehead atoms. The summed E-state index contributed by atoms with van der Waals surface area (Å²) in [6, 6.07) is 7.98. The summed E-state index contributed by atoms with van der Waals surface area (Å²) in [5.74, 6) is -1.36. The Morgan fingerprint density at radius 2 is 1.67 bits per heavy atom. The van der Waals surface area contributed by atoms with Gasteiger partial charge in [0.25, 0.3) is 0 Å². The summed E-state index contributed by atoms with van der Waals surface area (Å²) in [6.45, 7) is 0. The van der Waals surface area contributed by atoms with E-state index >= 15 is 0 Å². The number of nitrogens with one attached hydrogen (secondary N) is 1. The highest BCUT2D eigenvalue weighted by molar-refractivity contribution is 7.80. The maximum Gasteiger partial charge on any atom is 0.356 e. The van der Waals surface area contributed by atoms with Gasteiger partial charge in [-0.05, 0) is 35.4 Å². The molecular formula is C16H14N2O5S. The Morgan fingerprint density at radius 1 is 1.08 bits per heavy atom. The molecule has 0 aliphatic heterocycles. The second-order valence-electron chi connectivity index (χ2n) is 4.60. The van der Waals surface area contributed by atoms with Crippen molar-refractivity contribution in [2.75, 3.05) is 19.5 Å². The number of carbonyl (C=O) groups is 3. The van der Waals surface area contributed by atoms with Gasteiger partial charge in [-0.15, -0.1) is 12.6 Å². The minimum absolute atomic E-state index is 0.0294. The molecule has 124 valence electrons. The number of methoxy groups -OCH3 is 2. The fourth-order valence-electron chi connectivity index (χ4n) is 2.04. The van der Waals surface area contributed by atoms with Crippen molar-refractivity contribution in [3.63, 3.8) is 0 Å². The number of amides is 1. The standard InChI is InChI=1S/C16H14N2O5S/c1-22-15(20)12-5-9(6-13(18-12)16(21)23-2)11-4-3-10(17-8-19)7-14(11)24/h3-8,24H,1-2H3,(H,17,19). The van der Waals surface area contributed by atoms with Gasteiger partial charge < -0.3 is 14.8 Å². The first-order valence-electron chi connectivity index (χ1n) is 6.72. The van der Waals surface area contributed by atoms with Crippen molar-refractivity contribution < 1.29 is 23.9 Å². The van der Waals surface area contributed by atoms with Crippen molar-refractivity contribution in [3.8, 4) is 11.1 Å². The molecule has 1 N–H and O–H groups in total. The normalized spacial score (nSPS) is 9.96. The average molecular weight is 346 g/mol. The predicted molar refractivity (Wildman–Crippen MR) is 89.3 cm³/mol. The number of pyridine rings is 1. The first kappa shape index (κ1) is 17.5. The molecule has 0 radical (unpaired) electrons. The quantitative estimate of drug-likeness (QED) is 0.489. The number of aromatic nitrogens is 1. The van der Waals surface area contributed by atoms with Crippen LogP contribution < -0.4 is 5.32 Å². The fourth-order valence-corrected chi connectivity index (χ4v) is 2.38. The summed E-state index contributed by atoms with van der Waals surface area (Å²) < 4.78 is 9.31. The van der Waals surface area contributed by atoms with Gasteiger partial charge in [0.2, 0.25) is 6.41 Å². The molecule has 2 aromatic rings. The summed E-state index contributed by atoms with van der Waals surface area (Å²) in [6.07, 6.45) is 0.555. The Kier molecular flexibility index (Phi) is 5.54. The van der Waals surface area contributed by atoms with Gasteiger partial charge in [-0.2, -0.15) is 0 Å². The van der Waals surface area contributed by atoms with Gasteiger partial charge in [0, 0.05) is 10.6 Å². The van der Waals surface area contributed by atoms with E-state index in [0.29, 0.717) is 28.1 Å². The zero-order chi connectivity index (χ0) is 17.7. The first-order chi connectivity index (χ1) is 11.5. The minimum atomic E-state index is -0.679. The van der Waals surface area contributed by atoms with Gasteiger partial charge >= 0.3 is 11.9 Å². The third-order valence-electron chi connectivity index (χ3n) is 3.15. The molecular weight excluding hydrogens is 332 g/mol. The highest BCUT2D eigenvalue weighted by atomic mass is 32.1. The lowest BCUT2D eigenvalue weighted by Gasteiger charge is -2.10. The van der Waals surface area contributed by atoms with Crippen LogP contribution in [0.5, 0.6) is 0 Å². The molecule has 0 atom stereocenters. The van der Waals surface area contributed by atoms with E-state index in [-0.39, 0.29) is 11.4 Å². The Morgan fingerprint density at radius 3 is 2.12 bits per heavy atom. The Balaban J connectivity index is 2.58. The van der Waals surface area contributed by atoms with Crippen LogP contribution in [-0.4, -0.2) is 37.6 Å². The van der Waals surface area contributed by atoms with Gasteiger partial charge in [-0.1, -0.05) is 6.07 Å². The number of thiol groups is 1. The van der Waals surface area contributed by atoms with Crippen LogP contribution in [0.15, 0.2) is 35.2 Å². The van der Waals surface area contributed by atoms with Crippen molar-refractivity contribution in [1.29, 1.82) is 0 Å². The van der Waals surface area contributed by atoms with E-state index in [9.17, 15) is 14.4 Å². The third-order valence-corrected chi connectivity index (χ3v) is 3.52. The lowest BCUT2D eigenvalue weighted by Crippen LogP contribution is -2.11. The molecule has 1 aromatic carbocycles. The average Bonchev–Trinajstić information content (AvgIpc) is 2.60. The smallest absolute Gasteiger partial charge is 0.356 e. The summed E-state index contributed by atoms with van der Waals surface area (Å²) in [4.78, 5) is 38.5. The van der Waals surface area contributed by atoms with Gasteiger partial charge in [0.1, 0.15) is 11.4 Å². The van der Waals surface area contributed by atoms with Crippen LogP contribution in [-0.2, 0) is 14.3 Å². The van der Waals surface area contributed by atoms with Crippen molar-refractivity contribution in [3.05, 3.63) is 41.7 Å². The predicted octanol–water partition coefficient (Wildman–Crippen LogP) is 2.18. The van der Waals surface area contributed by atoms with Gasteiger partial charge in [0.15, 0.2) is 0 Å². The fraction of sp³-hybridized carbons (Fsp3) is 0.125. The monoisotopic (exact) mass is 346 g/mol. The van der Waals surface area contributed by atoms with Gasteiger partial charge in [-0.25, -0.2) is 14.6 Å². The topological polar surface area (TPSA) is 94.6 Å². The largest absolute Gasteiger partial charge is 0.464 e.